The lowest BCUT2D eigenvalue weighted by atomic mass is 10.1. The molecule has 0 radical (unpaired) electrons. The number of benzene rings is 2. The highest BCUT2D eigenvalue weighted by Gasteiger charge is 2.28. The van der Waals surface area contributed by atoms with E-state index in [2.05, 4.69) is 5.32 Å². The minimum atomic E-state index is -0.527. The van der Waals surface area contributed by atoms with Crippen LogP contribution in [0.2, 0.25) is 0 Å². The lowest BCUT2D eigenvalue weighted by Gasteiger charge is -2.15. The van der Waals surface area contributed by atoms with Crippen LogP contribution in [0.4, 0.5) is 0 Å². The number of ketones is 1. The number of likely N-dealkylation sites (tertiary alicyclic amines) is 1. The summed E-state index contributed by atoms with van der Waals surface area (Å²) in [6.07, 6.45) is 0.723. The number of hydrogen-bond acceptors (Lipinski definition) is 7. The van der Waals surface area contributed by atoms with Crippen molar-refractivity contribution in [2.24, 2.45) is 5.92 Å². The second-order valence-electron chi connectivity index (χ2n) is 9.23. The number of nitrogens with zero attached hydrogens (tertiary/aromatic N) is 2. The monoisotopic (exact) mass is 533 g/mol. The summed E-state index contributed by atoms with van der Waals surface area (Å²) in [5, 5.41) is 13.0. The molecule has 3 heterocycles. The molecule has 2 aromatic carbocycles. The number of nitrogens with one attached hydrogen (secondary N) is 1. The summed E-state index contributed by atoms with van der Waals surface area (Å²) in [5.74, 6) is -0.640. The van der Waals surface area contributed by atoms with E-state index in [-0.39, 0.29) is 46.1 Å². The molecular formula is C28H27N3O6S. The highest BCUT2D eigenvalue weighted by Crippen LogP contribution is 2.39. The van der Waals surface area contributed by atoms with Crippen LogP contribution in [-0.4, -0.2) is 65.5 Å². The molecule has 0 spiro atoms. The first kappa shape index (κ1) is 25.6. The van der Waals surface area contributed by atoms with Crippen molar-refractivity contribution in [1.29, 1.82) is 0 Å². The highest BCUT2D eigenvalue weighted by molar-refractivity contribution is 7.22. The molecule has 0 aliphatic carbocycles. The van der Waals surface area contributed by atoms with Gasteiger partial charge in [0.1, 0.15) is 16.9 Å². The number of carbonyl (C=O) groups excluding carboxylic acids is 3. The van der Waals surface area contributed by atoms with E-state index in [1.165, 1.54) is 23.0 Å². The van der Waals surface area contributed by atoms with Gasteiger partial charge in [-0.2, -0.15) is 0 Å². The molecule has 1 fully saturated rings. The number of thiophene rings is 1. The number of pyridine rings is 1. The third kappa shape index (κ3) is 4.68. The van der Waals surface area contributed by atoms with Crippen molar-refractivity contribution >= 4 is 49.9 Å². The van der Waals surface area contributed by atoms with E-state index >= 15 is 0 Å². The molecule has 1 aliphatic rings. The van der Waals surface area contributed by atoms with Gasteiger partial charge in [0.15, 0.2) is 11.5 Å². The number of aromatic nitrogens is 1. The largest absolute Gasteiger partial charge is 0.494 e. The second kappa shape index (κ2) is 10.8. The van der Waals surface area contributed by atoms with E-state index in [0.717, 1.165) is 11.8 Å². The fourth-order valence-corrected chi connectivity index (χ4v) is 6.16. The number of fused-ring (bicyclic) bond motifs is 3. The molecule has 0 saturated carbocycles. The lowest BCUT2D eigenvalue weighted by Crippen LogP contribution is -2.34. The van der Waals surface area contributed by atoms with E-state index in [1.807, 2.05) is 24.3 Å². The first-order chi connectivity index (χ1) is 18.4. The Balaban J connectivity index is 1.49. The number of ether oxygens (including phenoxy) is 1. The Kier molecular flexibility index (Phi) is 7.26. The number of Topliss-reactive ketones (excluding diaryl/α,β-unsaturated/α-hetero) is 1. The van der Waals surface area contributed by atoms with Crippen LogP contribution in [0.5, 0.6) is 5.75 Å². The molecule has 1 saturated heterocycles. The molecule has 196 valence electrons. The van der Waals surface area contributed by atoms with Gasteiger partial charge in [0, 0.05) is 30.6 Å². The second-order valence-corrected chi connectivity index (χ2v) is 10.2. The number of aliphatic hydroxyl groups excluding tert-OH is 1. The molecule has 5 rings (SSSR count). The summed E-state index contributed by atoms with van der Waals surface area (Å²) in [6.45, 7) is 0.681. The molecular weight excluding hydrogens is 506 g/mol. The van der Waals surface area contributed by atoms with Crippen LogP contribution in [0.3, 0.4) is 0 Å². The summed E-state index contributed by atoms with van der Waals surface area (Å²) >= 11 is 1.18. The molecule has 9 nitrogen and oxygen atoms in total. The van der Waals surface area contributed by atoms with E-state index in [9.17, 15) is 19.2 Å². The number of aliphatic hydroxyl groups is 1. The zero-order valence-corrected chi connectivity index (χ0v) is 21.6. The normalized spacial score (nSPS) is 15.2. The highest BCUT2D eigenvalue weighted by atomic mass is 32.1. The predicted molar refractivity (Wildman–Crippen MR) is 145 cm³/mol. The molecule has 1 aliphatic heterocycles. The maximum absolute atomic E-state index is 13.8. The minimum absolute atomic E-state index is 0.0666. The van der Waals surface area contributed by atoms with Crippen molar-refractivity contribution in [1.82, 2.24) is 14.8 Å². The van der Waals surface area contributed by atoms with Gasteiger partial charge in [-0.05, 0) is 18.4 Å². The molecule has 4 aromatic rings. The number of carbonyl (C=O) groups is 3. The van der Waals surface area contributed by atoms with Crippen molar-refractivity contribution in [3.8, 4) is 5.75 Å². The van der Waals surface area contributed by atoms with Gasteiger partial charge in [-0.3, -0.25) is 23.7 Å². The fourth-order valence-electron chi connectivity index (χ4n) is 4.95. The summed E-state index contributed by atoms with van der Waals surface area (Å²) in [4.78, 5) is 53.6. The molecule has 38 heavy (non-hydrogen) atoms. The molecule has 1 unspecified atom stereocenters. The zero-order chi connectivity index (χ0) is 26.8. The predicted octanol–water partition coefficient (Wildman–Crippen LogP) is 2.68. The van der Waals surface area contributed by atoms with Gasteiger partial charge in [0.25, 0.3) is 11.5 Å². The Morgan fingerprint density at radius 1 is 1.11 bits per heavy atom. The van der Waals surface area contributed by atoms with Crippen LogP contribution < -0.4 is 15.6 Å². The van der Waals surface area contributed by atoms with Crippen LogP contribution in [0.25, 0.3) is 21.0 Å². The van der Waals surface area contributed by atoms with Crippen LogP contribution >= 0.6 is 11.3 Å². The summed E-state index contributed by atoms with van der Waals surface area (Å²) in [6, 6.07) is 16.1. The van der Waals surface area contributed by atoms with Gasteiger partial charge >= 0.3 is 0 Å². The van der Waals surface area contributed by atoms with Gasteiger partial charge in [-0.25, -0.2) is 0 Å². The fraction of sp³-hybridized carbons (Fsp3) is 0.286. The lowest BCUT2D eigenvalue weighted by molar-refractivity contribution is -0.133. The Bertz CT molecular complexity index is 1590. The van der Waals surface area contributed by atoms with E-state index in [1.54, 1.807) is 35.2 Å². The first-order valence-electron chi connectivity index (χ1n) is 12.3. The van der Waals surface area contributed by atoms with Crippen molar-refractivity contribution < 1.29 is 24.2 Å². The average molecular weight is 534 g/mol. The van der Waals surface area contributed by atoms with Crippen molar-refractivity contribution in [3.05, 3.63) is 75.4 Å². The van der Waals surface area contributed by atoms with Crippen molar-refractivity contribution in [2.75, 3.05) is 33.4 Å². The maximum atomic E-state index is 13.8. The Labute approximate surface area is 222 Å². The van der Waals surface area contributed by atoms with Gasteiger partial charge in [-0.1, -0.05) is 48.5 Å². The van der Waals surface area contributed by atoms with Crippen molar-refractivity contribution in [3.63, 3.8) is 0 Å². The van der Waals surface area contributed by atoms with E-state index in [4.69, 9.17) is 9.84 Å². The van der Waals surface area contributed by atoms with Gasteiger partial charge in [0.2, 0.25) is 5.91 Å². The number of hydrogen-bond donors (Lipinski definition) is 2. The number of rotatable bonds is 8. The summed E-state index contributed by atoms with van der Waals surface area (Å²) in [7, 11) is 1.42. The van der Waals surface area contributed by atoms with E-state index < -0.39 is 12.2 Å². The smallest absolute Gasteiger partial charge is 0.265 e. The zero-order valence-electron chi connectivity index (χ0n) is 20.8. The van der Waals surface area contributed by atoms with Crippen LogP contribution in [0.1, 0.15) is 26.5 Å². The van der Waals surface area contributed by atoms with Crippen LogP contribution in [0.15, 0.2) is 59.4 Å². The minimum Gasteiger partial charge on any atom is -0.494 e. The van der Waals surface area contributed by atoms with Gasteiger partial charge in [0.05, 0.1) is 23.9 Å². The third-order valence-electron chi connectivity index (χ3n) is 6.90. The third-order valence-corrected chi connectivity index (χ3v) is 8.10. The summed E-state index contributed by atoms with van der Waals surface area (Å²) in [5.41, 5.74) is 0.709. The standard InChI is InChI=1S/C28H27N3O6S/c1-37-24-23-25(38-26(24)27(35)29-13-17-11-12-30(14-17)22(34)16-32)19-9-5-6-10-20(19)31(28(23)36)15-21(33)18-7-3-2-4-8-18/h2-10,17,32H,11-16H2,1H3,(H,29,35). The SMILES string of the molecule is COc1c(C(=O)NCC2CCN(C(=O)CO)C2)sc2c1c(=O)n(CC(=O)c1ccccc1)c1ccccc21. The van der Waals surface area contributed by atoms with Gasteiger partial charge in [-0.15, -0.1) is 11.3 Å². The molecule has 2 aromatic heterocycles. The van der Waals surface area contributed by atoms with Crippen molar-refractivity contribution in [2.45, 2.75) is 13.0 Å². The quantitative estimate of drug-likeness (QED) is 0.336. The Morgan fingerprint density at radius 2 is 1.84 bits per heavy atom. The van der Waals surface area contributed by atoms with Crippen LogP contribution in [0, 0.1) is 5.92 Å². The molecule has 2 amide bonds. The summed E-state index contributed by atoms with van der Waals surface area (Å²) < 4.78 is 7.66. The number of amides is 2. The molecule has 1 atom stereocenters. The molecule has 2 N–H and O–H groups in total. The van der Waals surface area contributed by atoms with Gasteiger partial charge < -0.3 is 20.1 Å². The Morgan fingerprint density at radius 3 is 2.58 bits per heavy atom. The average Bonchev–Trinajstić information content (AvgIpc) is 3.59. The number of methoxy groups -OCH3 is 1. The Hall–Kier alpha value is -4.02. The number of para-hydroxylation sites is 1. The maximum Gasteiger partial charge on any atom is 0.265 e. The first-order valence-corrected chi connectivity index (χ1v) is 13.1. The van der Waals surface area contributed by atoms with E-state index in [0.29, 0.717) is 35.4 Å². The molecule has 0 bridgehead atoms. The molecule has 10 heteroatoms. The topological polar surface area (TPSA) is 118 Å². The van der Waals surface area contributed by atoms with Crippen LogP contribution in [-0.2, 0) is 11.3 Å².